The Balaban J connectivity index is 3.57. The molecule has 0 spiro atoms. The van der Waals surface area contributed by atoms with Gasteiger partial charge in [0, 0.05) is 6.61 Å². The minimum absolute atomic E-state index is 0.161. The van der Waals surface area contributed by atoms with Crippen LogP contribution < -0.4 is 0 Å². The Hall–Kier alpha value is -0.610. The lowest BCUT2D eigenvalue weighted by Gasteiger charge is -2.18. The molecule has 0 aromatic rings. The Labute approximate surface area is 91.6 Å². The summed E-state index contributed by atoms with van der Waals surface area (Å²) >= 11 is 0. The summed E-state index contributed by atoms with van der Waals surface area (Å²) in [5.41, 5.74) is -0.719. The summed E-state index contributed by atoms with van der Waals surface area (Å²) in [7, 11) is 0. The van der Waals surface area contributed by atoms with Crippen molar-refractivity contribution in [3.8, 4) is 0 Å². The van der Waals surface area contributed by atoms with Gasteiger partial charge in [-0.05, 0) is 34.1 Å². The molecule has 0 aromatic heterocycles. The summed E-state index contributed by atoms with van der Waals surface area (Å²) in [6.07, 6.45) is 0.659. The maximum Gasteiger partial charge on any atom is 0.308 e. The number of carbonyl (C=O) groups excluding carboxylic acids is 1. The zero-order valence-corrected chi connectivity index (χ0v) is 10.1. The first-order valence-electron chi connectivity index (χ1n) is 5.34. The standard InChI is InChI=1S/C11H22O4/c1-5-14-10(12)8-9(2)15-7-6-11(3,4)13/h9,13H,5-8H2,1-4H3. The zero-order chi connectivity index (χ0) is 11.9. The third-order valence-electron chi connectivity index (χ3n) is 1.88. The molecule has 1 atom stereocenters. The van der Waals surface area contributed by atoms with Crippen LogP contribution in [-0.2, 0) is 14.3 Å². The first-order valence-corrected chi connectivity index (χ1v) is 5.34. The van der Waals surface area contributed by atoms with Crippen molar-refractivity contribution in [2.24, 2.45) is 0 Å². The Bertz CT molecular complexity index is 184. The monoisotopic (exact) mass is 218 g/mol. The molecule has 1 N–H and O–H groups in total. The molecule has 0 aliphatic heterocycles. The summed E-state index contributed by atoms with van der Waals surface area (Å²) in [5, 5.41) is 9.43. The molecule has 0 aromatic carbocycles. The van der Waals surface area contributed by atoms with Crippen LogP contribution in [0.3, 0.4) is 0 Å². The molecular formula is C11H22O4. The summed E-state index contributed by atoms with van der Waals surface area (Å²) in [6, 6.07) is 0. The van der Waals surface area contributed by atoms with E-state index < -0.39 is 5.60 Å². The number of rotatable bonds is 7. The lowest BCUT2D eigenvalue weighted by molar-refractivity contribution is -0.146. The molecule has 4 heteroatoms. The number of aliphatic hydroxyl groups is 1. The van der Waals surface area contributed by atoms with Gasteiger partial charge in [-0.3, -0.25) is 4.79 Å². The number of hydrogen-bond acceptors (Lipinski definition) is 4. The molecule has 0 aliphatic rings. The van der Waals surface area contributed by atoms with Crippen LogP contribution in [0.25, 0.3) is 0 Å². The van der Waals surface area contributed by atoms with Crippen molar-refractivity contribution in [3.63, 3.8) is 0 Å². The van der Waals surface area contributed by atoms with Gasteiger partial charge in [0.15, 0.2) is 0 Å². The minimum atomic E-state index is -0.719. The Kier molecular flexibility index (Phi) is 6.52. The molecule has 0 radical (unpaired) electrons. The van der Waals surface area contributed by atoms with Crippen LogP contribution in [0.1, 0.15) is 40.5 Å². The summed E-state index contributed by atoms with van der Waals surface area (Å²) in [4.78, 5) is 11.1. The van der Waals surface area contributed by atoms with Gasteiger partial charge in [-0.2, -0.15) is 0 Å². The van der Waals surface area contributed by atoms with Gasteiger partial charge < -0.3 is 14.6 Å². The van der Waals surface area contributed by atoms with E-state index in [1.165, 1.54) is 0 Å². The molecule has 0 amide bonds. The third-order valence-corrected chi connectivity index (χ3v) is 1.88. The highest BCUT2D eigenvalue weighted by atomic mass is 16.5. The lowest BCUT2D eigenvalue weighted by Crippen LogP contribution is -2.23. The Morgan fingerprint density at radius 3 is 2.53 bits per heavy atom. The van der Waals surface area contributed by atoms with Crippen LogP contribution >= 0.6 is 0 Å². The van der Waals surface area contributed by atoms with E-state index in [1.807, 2.05) is 6.92 Å². The minimum Gasteiger partial charge on any atom is -0.466 e. The largest absolute Gasteiger partial charge is 0.466 e. The number of ether oxygens (including phenoxy) is 2. The van der Waals surface area contributed by atoms with Crippen molar-refractivity contribution < 1.29 is 19.4 Å². The first-order chi connectivity index (χ1) is 6.85. The van der Waals surface area contributed by atoms with E-state index in [0.29, 0.717) is 19.6 Å². The van der Waals surface area contributed by atoms with Crippen molar-refractivity contribution >= 4 is 5.97 Å². The van der Waals surface area contributed by atoms with Crippen molar-refractivity contribution in [1.82, 2.24) is 0 Å². The van der Waals surface area contributed by atoms with E-state index >= 15 is 0 Å². The SMILES string of the molecule is CCOC(=O)CC(C)OCCC(C)(C)O. The molecule has 0 rings (SSSR count). The van der Waals surface area contributed by atoms with E-state index in [-0.39, 0.29) is 18.5 Å². The maximum atomic E-state index is 11.1. The fraction of sp³-hybridized carbons (Fsp3) is 0.909. The van der Waals surface area contributed by atoms with Crippen LogP contribution in [0.15, 0.2) is 0 Å². The van der Waals surface area contributed by atoms with Crippen LogP contribution in [0.4, 0.5) is 0 Å². The van der Waals surface area contributed by atoms with Gasteiger partial charge in [0.25, 0.3) is 0 Å². The van der Waals surface area contributed by atoms with E-state index in [1.54, 1.807) is 20.8 Å². The van der Waals surface area contributed by atoms with Crippen LogP contribution in [0, 0.1) is 0 Å². The topological polar surface area (TPSA) is 55.8 Å². The molecule has 1 unspecified atom stereocenters. The van der Waals surface area contributed by atoms with Crippen LogP contribution in [-0.4, -0.2) is 36.0 Å². The fourth-order valence-electron chi connectivity index (χ4n) is 1.02. The zero-order valence-electron chi connectivity index (χ0n) is 10.1. The summed E-state index contributed by atoms with van der Waals surface area (Å²) in [5.74, 6) is -0.242. The molecule has 0 fully saturated rings. The lowest BCUT2D eigenvalue weighted by atomic mass is 10.1. The Morgan fingerprint density at radius 1 is 1.47 bits per heavy atom. The highest BCUT2D eigenvalue weighted by Crippen LogP contribution is 2.09. The highest BCUT2D eigenvalue weighted by Gasteiger charge is 2.14. The third kappa shape index (κ3) is 9.69. The summed E-state index contributed by atoms with van der Waals surface area (Å²) in [6.45, 7) is 7.90. The van der Waals surface area contributed by atoms with Crippen molar-refractivity contribution in [2.75, 3.05) is 13.2 Å². The van der Waals surface area contributed by atoms with Crippen molar-refractivity contribution in [3.05, 3.63) is 0 Å². The average Bonchev–Trinajstić information content (AvgIpc) is 2.01. The van der Waals surface area contributed by atoms with Gasteiger partial charge in [-0.1, -0.05) is 0 Å². The van der Waals surface area contributed by atoms with E-state index in [4.69, 9.17) is 9.47 Å². The predicted octanol–water partition coefficient (Wildman–Crippen LogP) is 1.51. The van der Waals surface area contributed by atoms with E-state index in [0.717, 1.165) is 0 Å². The second-order valence-electron chi connectivity index (χ2n) is 4.25. The fourth-order valence-corrected chi connectivity index (χ4v) is 1.02. The smallest absolute Gasteiger partial charge is 0.308 e. The molecule has 4 nitrogen and oxygen atoms in total. The first kappa shape index (κ1) is 14.4. The maximum absolute atomic E-state index is 11.1. The normalized spacial score (nSPS) is 13.7. The molecule has 90 valence electrons. The van der Waals surface area contributed by atoms with Crippen molar-refractivity contribution in [1.29, 1.82) is 0 Å². The second-order valence-corrected chi connectivity index (χ2v) is 4.25. The molecule has 0 saturated heterocycles. The van der Waals surface area contributed by atoms with Gasteiger partial charge in [-0.15, -0.1) is 0 Å². The second kappa shape index (κ2) is 6.80. The van der Waals surface area contributed by atoms with E-state index in [2.05, 4.69) is 0 Å². The van der Waals surface area contributed by atoms with Gasteiger partial charge >= 0.3 is 5.97 Å². The van der Waals surface area contributed by atoms with Gasteiger partial charge in [0.2, 0.25) is 0 Å². The van der Waals surface area contributed by atoms with Gasteiger partial charge in [0.05, 0.1) is 24.7 Å². The average molecular weight is 218 g/mol. The van der Waals surface area contributed by atoms with Gasteiger partial charge in [-0.25, -0.2) is 0 Å². The predicted molar refractivity (Wildman–Crippen MR) is 57.6 cm³/mol. The molecule has 0 aliphatic carbocycles. The van der Waals surface area contributed by atoms with Gasteiger partial charge in [0.1, 0.15) is 0 Å². The molecule has 0 bridgehead atoms. The van der Waals surface area contributed by atoms with Crippen LogP contribution in [0.5, 0.6) is 0 Å². The number of esters is 1. The number of carbonyl (C=O) groups is 1. The molecular weight excluding hydrogens is 196 g/mol. The molecule has 0 heterocycles. The summed E-state index contributed by atoms with van der Waals surface area (Å²) < 4.78 is 10.2. The number of hydrogen-bond donors (Lipinski definition) is 1. The highest BCUT2D eigenvalue weighted by molar-refractivity contribution is 5.69. The quantitative estimate of drug-likeness (QED) is 0.658. The van der Waals surface area contributed by atoms with Crippen molar-refractivity contribution in [2.45, 2.75) is 52.2 Å². The molecule has 15 heavy (non-hydrogen) atoms. The Morgan fingerprint density at radius 2 is 2.07 bits per heavy atom. The molecule has 0 saturated carbocycles. The van der Waals surface area contributed by atoms with Crippen LogP contribution in [0.2, 0.25) is 0 Å². The van der Waals surface area contributed by atoms with E-state index in [9.17, 15) is 9.90 Å².